The van der Waals surface area contributed by atoms with E-state index >= 15 is 0 Å². The van der Waals surface area contributed by atoms with Gasteiger partial charge in [-0.2, -0.15) is 0 Å². The highest BCUT2D eigenvalue weighted by Gasteiger charge is 2.22. The zero-order valence-corrected chi connectivity index (χ0v) is 14.9. The molecular formula is C17H19Cl2N3O2. The zero-order chi connectivity index (χ0) is 17.3. The molecule has 0 saturated heterocycles. The van der Waals surface area contributed by atoms with Crippen molar-refractivity contribution in [2.45, 2.75) is 39.3 Å². The van der Waals surface area contributed by atoms with Crippen molar-refractivity contribution in [1.82, 2.24) is 14.9 Å². The summed E-state index contributed by atoms with van der Waals surface area (Å²) in [5.41, 5.74) is 2.17. The summed E-state index contributed by atoms with van der Waals surface area (Å²) in [6, 6.07) is 3.21. The highest BCUT2D eigenvalue weighted by Crippen LogP contribution is 2.32. The summed E-state index contributed by atoms with van der Waals surface area (Å²) in [7, 11) is 0. The van der Waals surface area contributed by atoms with Crippen LogP contribution in [0.1, 0.15) is 36.0 Å². The zero-order valence-electron chi connectivity index (χ0n) is 13.4. The van der Waals surface area contributed by atoms with Crippen molar-refractivity contribution in [3.05, 3.63) is 55.2 Å². The number of hydrogen-bond donors (Lipinski definition) is 2. The number of halogens is 2. The smallest absolute Gasteiger partial charge is 0.255 e. The van der Waals surface area contributed by atoms with Gasteiger partial charge in [-0.25, -0.2) is 4.98 Å². The summed E-state index contributed by atoms with van der Waals surface area (Å²) in [6.07, 6.45) is 2.44. The van der Waals surface area contributed by atoms with Crippen LogP contribution >= 0.6 is 23.2 Å². The van der Waals surface area contributed by atoms with Gasteiger partial charge < -0.3 is 10.1 Å². The Balaban J connectivity index is 1.82. The Labute approximate surface area is 150 Å². The molecule has 0 atom stereocenters. The van der Waals surface area contributed by atoms with Crippen molar-refractivity contribution in [2.24, 2.45) is 0 Å². The van der Waals surface area contributed by atoms with E-state index in [0.717, 1.165) is 30.9 Å². The van der Waals surface area contributed by atoms with Gasteiger partial charge >= 0.3 is 0 Å². The van der Waals surface area contributed by atoms with E-state index in [-0.39, 0.29) is 16.3 Å². The molecule has 0 radical (unpaired) electrons. The minimum absolute atomic E-state index is 0.0391. The molecule has 0 bridgehead atoms. The van der Waals surface area contributed by atoms with Crippen molar-refractivity contribution < 1.29 is 5.11 Å². The summed E-state index contributed by atoms with van der Waals surface area (Å²) in [6.45, 7) is 3.79. The van der Waals surface area contributed by atoms with Crippen LogP contribution in [0.3, 0.4) is 0 Å². The lowest BCUT2D eigenvalue weighted by Crippen LogP contribution is -2.35. The molecule has 1 aromatic carbocycles. The number of phenolic OH excluding ortho intramolecular Hbond substituents is 1. The number of aryl methyl sites for hydroxylation is 1. The monoisotopic (exact) mass is 367 g/mol. The Morgan fingerprint density at radius 3 is 2.92 bits per heavy atom. The first-order chi connectivity index (χ1) is 11.5. The molecule has 0 fully saturated rings. The Morgan fingerprint density at radius 1 is 1.38 bits per heavy atom. The van der Waals surface area contributed by atoms with Crippen LogP contribution in [0.2, 0.25) is 10.0 Å². The number of fused-ring (bicyclic) bond motifs is 1. The van der Waals surface area contributed by atoms with Gasteiger partial charge in [0.2, 0.25) is 0 Å². The second-order valence-electron chi connectivity index (χ2n) is 6.04. The fourth-order valence-corrected chi connectivity index (χ4v) is 3.54. The van der Waals surface area contributed by atoms with Crippen molar-refractivity contribution in [3.63, 3.8) is 0 Å². The normalized spacial score (nSPS) is 14.6. The summed E-state index contributed by atoms with van der Waals surface area (Å²) in [5, 5.41) is 10.8. The molecule has 7 heteroatoms. The molecule has 2 heterocycles. The molecule has 0 amide bonds. The van der Waals surface area contributed by atoms with Crippen LogP contribution in [0.25, 0.3) is 0 Å². The summed E-state index contributed by atoms with van der Waals surface area (Å²) < 4.78 is 0. The van der Waals surface area contributed by atoms with E-state index in [9.17, 15) is 9.90 Å². The molecule has 3 rings (SSSR count). The van der Waals surface area contributed by atoms with Crippen LogP contribution in [0.5, 0.6) is 5.75 Å². The van der Waals surface area contributed by atoms with Gasteiger partial charge in [0.15, 0.2) is 0 Å². The predicted molar refractivity (Wildman–Crippen MR) is 94.8 cm³/mol. The van der Waals surface area contributed by atoms with Gasteiger partial charge in [0.05, 0.1) is 16.3 Å². The maximum Gasteiger partial charge on any atom is 0.255 e. The lowest BCUT2D eigenvalue weighted by Gasteiger charge is -2.28. The lowest BCUT2D eigenvalue weighted by atomic mass is 10.1. The van der Waals surface area contributed by atoms with Crippen molar-refractivity contribution in [2.75, 3.05) is 6.54 Å². The SMILES string of the molecule is CCCc1nc2c(c(=O)[nH]1)CN(Cc1cc(Cl)cc(Cl)c1O)CC2. The summed E-state index contributed by atoms with van der Waals surface area (Å²) >= 11 is 12.0. The molecule has 0 saturated carbocycles. The highest BCUT2D eigenvalue weighted by atomic mass is 35.5. The molecule has 0 unspecified atom stereocenters. The molecule has 0 spiro atoms. The second-order valence-corrected chi connectivity index (χ2v) is 6.89. The van der Waals surface area contributed by atoms with E-state index in [0.29, 0.717) is 35.7 Å². The van der Waals surface area contributed by atoms with E-state index in [1.165, 1.54) is 6.07 Å². The molecule has 2 N–H and O–H groups in total. The lowest BCUT2D eigenvalue weighted by molar-refractivity contribution is 0.238. The van der Waals surface area contributed by atoms with E-state index in [4.69, 9.17) is 23.2 Å². The number of H-pyrrole nitrogens is 1. The Kier molecular flexibility index (Phi) is 5.13. The van der Waals surface area contributed by atoms with Crippen LogP contribution in [-0.2, 0) is 25.9 Å². The van der Waals surface area contributed by atoms with E-state index < -0.39 is 0 Å². The maximum atomic E-state index is 12.3. The first-order valence-electron chi connectivity index (χ1n) is 7.98. The van der Waals surface area contributed by atoms with Crippen molar-refractivity contribution >= 4 is 23.2 Å². The Hall–Kier alpha value is -1.56. The summed E-state index contributed by atoms with van der Waals surface area (Å²) in [5.74, 6) is 0.797. The fourth-order valence-electron chi connectivity index (χ4n) is 3.00. The predicted octanol–water partition coefficient (Wildman–Crippen LogP) is 3.29. The topological polar surface area (TPSA) is 69.2 Å². The number of nitrogens with one attached hydrogen (secondary N) is 1. The molecule has 1 aromatic heterocycles. The van der Waals surface area contributed by atoms with Crippen LogP contribution in [0, 0.1) is 0 Å². The van der Waals surface area contributed by atoms with Gasteiger partial charge in [-0.1, -0.05) is 30.1 Å². The van der Waals surface area contributed by atoms with E-state index in [2.05, 4.69) is 21.8 Å². The van der Waals surface area contributed by atoms with Gasteiger partial charge in [-0.3, -0.25) is 9.69 Å². The average Bonchev–Trinajstić information content (AvgIpc) is 2.53. The number of rotatable bonds is 4. The quantitative estimate of drug-likeness (QED) is 0.869. The minimum Gasteiger partial charge on any atom is -0.506 e. The Morgan fingerprint density at radius 2 is 2.17 bits per heavy atom. The van der Waals surface area contributed by atoms with Crippen LogP contribution in [0.4, 0.5) is 0 Å². The van der Waals surface area contributed by atoms with Crippen molar-refractivity contribution in [3.8, 4) is 5.75 Å². The largest absolute Gasteiger partial charge is 0.506 e. The summed E-state index contributed by atoms with van der Waals surface area (Å²) in [4.78, 5) is 21.8. The number of phenols is 1. The highest BCUT2D eigenvalue weighted by molar-refractivity contribution is 6.35. The number of aromatic nitrogens is 2. The molecule has 1 aliphatic heterocycles. The second kappa shape index (κ2) is 7.13. The standard InChI is InChI=1S/C17H19Cl2N3O2/c1-2-3-15-20-14-4-5-22(9-12(14)17(24)21-15)8-10-6-11(18)7-13(19)16(10)23/h6-7,23H,2-5,8-9H2,1H3,(H,20,21,24). The molecule has 2 aromatic rings. The van der Waals surface area contributed by atoms with Crippen molar-refractivity contribution in [1.29, 1.82) is 0 Å². The van der Waals surface area contributed by atoms with Gasteiger partial charge in [-0.05, 0) is 18.6 Å². The number of aromatic amines is 1. The van der Waals surface area contributed by atoms with E-state index in [1.807, 2.05) is 0 Å². The first kappa shape index (κ1) is 17.3. The molecule has 24 heavy (non-hydrogen) atoms. The maximum absolute atomic E-state index is 12.3. The van der Waals surface area contributed by atoms with Crippen LogP contribution in [-0.4, -0.2) is 26.5 Å². The van der Waals surface area contributed by atoms with Gasteiger partial charge in [0.1, 0.15) is 11.6 Å². The van der Waals surface area contributed by atoms with Crippen LogP contribution in [0.15, 0.2) is 16.9 Å². The number of aromatic hydroxyl groups is 1. The third kappa shape index (κ3) is 3.58. The van der Waals surface area contributed by atoms with Gasteiger partial charge in [-0.15, -0.1) is 0 Å². The average molecular weight is 368 g/mol. The van der Waals surface area contributed by atoms with Crippen LogP contribution < -0.4 is 5.56 Å². The number of hydrogen-bond acceptors (Lipinski definition) is 4. The third-order valence-electron chi connectivity index (χ3n) is 4.18. The first-order valence-corrected chi connectivity index (χ1v) is 8.73. The van der Waals surface area contributed by atoms with Gasteiger partial charge in [0, 0.05) is 43.1 Å². The minimum atomic E-state index is -0.0681. The number of nitrogens with zero attached hydrogens (tertiary/aromatic N) is 2. The number of benzene rings is 1. The fraction of sp³-hybridized carbons (Fsp3) is 0.412. The molecule has 5 nitrogen and oxygen atoms in total. The third-order valence-corrected chi connectivity index (χ3v) is 4.69. The molecular weight excluding hydrogens is 349 g/mol. The Bertz CT molecular complexity index is 820. The van der Waals surface area contributed by atoms with Gasteiger partial charge in [0.25, 0.3) is 5.56 Å². The molecule has 128 valence electrons. The molecule has 1 aliphatic rings. The molecule has 0 aliphatic carbocycles. The van der Waals surface area contributed by atoms with E-state index in [1.54, 1.807) is 6.07 Å².